The monoisotopic (exact) mass is 369 g/mol. The van der Waals surface area contributed by atoms with Gasteiger partial charge in [-0.05, 0) is 48.9 Å². The highest BCUT2D eigenvalue weighted by molar-refractivity contribution is 6.04. The molecule has 0 bridgehead atoms. The lowest BCUT2D eigenvalue weighted by atomic mass is 10.2. The number of amides is 1. The molecule has 0 spiro atoms. The number of hydrogen-bond acceptors (Lipinski definition) is 4. The number of aromatic nitrogens is 1. The summed E-state index contributed by atoms with van der Waals surface area (Å²) in [5, 5.41) is 5.67. The molecule has 2 aromatic carbocycles. The van der Waals surface area contributed by atoms with Crippen LogP contribution in [0.15, 0.2) is 54.7 Å². The number of benzene rings is 2. The van der Waals surface area contributed by atoms with Gasteiger partial charge in [-0.1, -0.05) is 6.07 Å². The molecule has 138 valence electrons. The molecule has 1 aromatic heterocycles. The summed E-state index contributed by atoms with van der Waals surface area (Å²) in [6.45, 7) is 1.90. The second-order valence-corrected chi connectivity index (χ2v) is 5.84. The highest BCUT2D eigenvalue weighted by atomic mass is 19.2. The van der Waals surface area contributed by atoms with Crippen molar-refractivity contribution >= 4 is 23.0 Å². The van der Waals surface area contributed by atoms with E-state index < -0.39 is 17.5 Å². The summed E-state index contributed by atoms with van der Waals surface area (Å²) in [4.78, 5) is 16.6. The molecule has 0 aliphatic rings. The summed E-state index contributed by atoms with van der Waals surface area (Å²) >= 11 is 0. The van der Waals surface area contributed by atoms with E-state index in [0.717, 1.165) is 17.7 Å². The first-order valence-electron chi connectivity index (χ1n) is 8.10. The van der Waals surface area contributed by atoms with Gasteiger partial charge in [0.15, 0.2) is 11.6 Å². The van der Waals surface area contributed by atoms with Gasteiger partial charge in [-0.2, -0.15) is 0 Å². The lowest BCUT2D eigenvalue weighted by molar-refractivity contribution is 0.102. The summed E-state index contributed by atoms with van der Waals surface area (Å²) in [7, 11) is 1.52. The Hall–Kier alpha value is -3.48. The van der Waals surface area contributed by atoms with Crippen molar-refractivity contribution < 1.29 is 18.3 Å². The van der Waals surface area contributed by atoms with Crippen LogP contribution in [0.5, 0.6) is 5.75 Å². The van der Waals surface area contributed by atoms with E-state index in [4.69, 9.17) is 4.74 Å². The molecule has 0 aliphatic heterocycles. The predicted octanol–water partition coefficient (Wildman–Crippen LogP) is 4.67. The maximum atomic E-state index is 13.3. The number of nitrogens with zero attached hydrogens (tertiary/aromatic N) is 1. The number of carbonyl (C=O) groups excluding carboxylic acids is 1. The SMILES string of the molecule is COc1ccc(C)cc1NC(=O)c1cc(Nc2ccc(F)c(F)c2)ccn1. The Bertz CT molecular complexity index is 993. The van der Waals surface area contributed by atoms with E-state index in [1.165, 1.54) is 25.4 Å². The van der Waals surface area contributed by atoms with E-state index >= 15 is 0 Å². The van der Waals surface area contributed by atoms with Crippen molar-refractivity contribution in [2.75, 3.05) is 17.7 Å². The summed E-state index contributed by atoms with van der Waals surface area (Å²) in [6, 6.07) is 12.0. The van der Waals surface area contributed by atoms with Crippen molar-refractivity contribution in [3.63, 3.8) is 0 Å². The van der Waals surface area contributed by atoms with Crippen LogP contribution in [-0.4, -0.2) is 18.0 Å². The number of rotatable bonds is 5. The maximum Gasteiger partial charge on any atom is 0.274 e. The number of aryl methyl sites for hydroxylation is 1. The Morgan fingerprint density at radius 3 is 2.52 bits per heavy atom. The van der Waals surface area contributed by atoms with Gasteiger partial charge in [-0.25, -0.2) is 8.78 Å². The predicted molar refractivity (Wildman–Crippen MR) is 99.6 cm³/mol. The van der Waals surface area contributed by atoms with Crippen molar-refractivity contribution in [2.24, 2.45) is 0 Å². The third-order valence-corrected chi connectivity index (χ3v) is 3.80. The smallest absolute Gasteiger partial charge is 0.274 e. The molecule has 7 heteroatoms. The van der Waals surface area contributed by atoms with Crippen LogP contribution in [0.3, 0.4) is 0 Å². The van der Waals surface area contributed by atoms with E-state index in [9.17, 15) is 13.6 Å². The van der Waals surface area contributed by atoms with Crippen LogP contribution in [0.1, 0.15) is 16.1 Å². The fourth-order valence-corrected chi connectivity index (χ4v) is 2.48. The number of methoxy groups -OCH3 is 1. The molecular weight excluding hydrogens is 352 g/mol. The second kappa shape index (κ2) is 7.82. The molecule has 5 nitrogen and oxygen atoms in total. The average Bonchev–Trinajstić information content (AvgIpc) is 2.65. The van der Waals surface area contributed by atoms with Crippen LogP contribution < -0.4 is 15.4 Å². The highest BCUT2D eigenvalue weighted by Gasteiger charge is 2.12. The third-order valence-electron chi connectivity index (χ3n) is 3.80. The molecule has 0 unspecified atom stereocenters. The number of carbonyl (C=O) groups is 1. The number of ether oxygens (including phenoxy) is 1. The van der Waals surface area contributed by atoms with Crippen LogP contribution in [0, 0.1) is 18.6 Å². The van der Waals surface area contributed by atoms with Crippen LogP contribution in [0.2, 0.25) is 0 Å². The van der Waals surface area contributed by atoms with E-state index in [1.807, 2.05) is 13.0 Å². The molecule has 1 heterocycles. The number of nitrogens with one attached hydrogen (secondary N) is 2. The Morgan fingerprint density at radius 2 is 1.78 bits per heavy atom. The van der Waals surface area contributed by atoms with E-state index in [-0.39, 0.29) is 5.69 Å². The Kier molecular flexibility index (Phi) is 5.30. The van der Waals surface area contributed by atoms with Gasteiger partial charge in [-0.3, -0.25) is 9.78 Å². The molecule has 1 amide bonds. The molecule has 0 radical (unpaired) electrons. The van der Waals surface area contributed by atoms with Crippen LogP contribution in [0.4, 0.5) is 25.8 Å². The quantitative estimate of drug-likeness (QED) is 0.686. The van der Waals surface area contributed by atoms with Crippen molar-refractivity contribution in [1.29, 1.82) is 0 Å². The average molecular weight is 369 g/mol. The van der Waals surface area contributed by atoms with Gasteiger partial charge in [0.2, 0.25) is 0 Å². The van der Waals surface area contributed by atoms with Gasteiger partial charge >= 0.3 is 0 Å². The Morgan fingerprint density at radius 1 is 1.00 bits per heavy atom. The van der Waals surface area contributed by atoms with Crippen molar-refractivity contribution in [1.82, 2.24) is 4.98 Å². The molecule has 0 saturated carbocycles. The minimum absolute atomic E-state index is 0.158. The molecule has 3 aromatic rings. The first-order valence-corrected chi connectivity index (χ1v) is 8.10. The van der Waals surface area contributed by atoms with Crippen LogP contribution in [0.25, 0.3) is 0 Å². The van der Waals surface area contributed by atoms with Crippen LogP contribution >= 0.6 is 0 Å². The van der Waals surface area contributed by atoms with E-state index in [1.54, 1.807) is 18.2 Å². The molecule has 0 fully saturated rings. The topological polar surface area (TPSA) is 63.2 Å². The zero-order valence-electron chi connectivity index (χ0n) is 14.7. The van der Waals surface area contributed by atoms with Gasteiger partial charge in [0.1, 0.15) is 11.4 Å². The molecule has 27 heavy (non-hydrogen) atoms. The molecule has 0 aliphatic carbocycles. The van der Waals surface area contributed by atoms with E-state index in [2.05, 4.69) is 15.6 Å². The van der Waals surface area contributed by atoms with Crippen molar-refractivity contribution in [2.45, 2.75) is 6.92 Å². The Balaban J connectivity index is 1.79. The molecule has 2 N–H and O–H groups in total. The fraction of sp³-hybridized carbons (Fsp3) is 0.100. The summed E-state index contributed by atoms with van der Waals surface area (Å²) in [5.41, 5.74) is 2.52. The maximum absolute atomic E-state index is 13.3. The largest absolute Gasteiger partial charge is 0.495 e. The Labute approximate surface area is 155 Å². The summed E-state index contributed by atoms with van der Waals surface area (Å²) in [6.07, 6.45) is 1.45. The highest BCUT2D eigenvalue weighted by Crippen LogP contribution is 2.26. The number of anilines is 3. The molecular formula is C20H17F2N3O2. The molecule has 0 saturated heterocycles. The lowest BCUT2D eigenvalue weighted by Gasteiger charge is -2.12. The zero-order valence-corrected chi connectivity index (χ0v) is 14.7. The minimum Gasteiger partial charge on any atom is -0.495 e. The van der Waals surface area contributed by atoms with Gasteiger partial charge < -0.3 is 15.4 Å². The molecule has 3 rings (SSSR count). The number of halogens is 2. The summed E-state index contributed by atoms with van der Waals surface area (Å²) in [5.74, 6) is -1.78. The van der Waals surface area contributed by atoms with E-state index in [0.29, 0.717) is 22.8 Å². The molecule has 0 atom stereocenters. The summed E-state index contributed by atoms with van der Waals surface area (Å²) < 4.78 is 31.6. The zero-order chi connectivity index (χ0) is 19.4. The second-order valence-electron chi connectivity index (χ2n) is 5.84. The standard InChI is InChI=1S/C20H17F2N3O2/c1-12-3-6-19(27-2)17(9-12)25-20(26)18-11-14(7-8-23-18)24-13-4-5-15(21)16(22)10-13/h3-11H,1-2H3,(H,23,24)(H,25,26). The van der Waals surface area contributed by atoms with Gasteiger partial charge in [0.05, 0.1) is 12.8 Å². The van der Waals surface area contributed by atoms with Crippen LogP contribution in [-0.2, 0) is 0 Å². The first-order chi connectivity index (χ1) is 13.0. The fourth-order valence-electron chi connectivity index (χ4n) is 2.48. The minimum atomic E-state index is -0.960. The number of hydrogen-bond donors (Lipinski definition) is 2. The van der Waals surface area contributed by atoms with Crippen molar-refractivity contribution in [3.8, 4) is 5.75 Å². The van der Waals surface area contributed by atoms with Gasteiger partial charge in [0.25, 0.3) is 5.91 Å². The first kappa shape index (κ1) is 18.3. The third kappa shape index (κ3) is 4.38. The number of pyridine rings is 1. The van der Waals surface area contributed by atoms with Gasteiger partial charge in [-0.15, -0.1) is 0 Å². The normalized spacial score (nSPS) is 10.4. The lowest BCUT2D eigenvalue weighted by Crippen LogP contribution is -2.14. The van der Waals surface area contributed by atoms with Gasteiger partial charge in [0, 0.05) is 23.6 Å². The van der Waals surface area contributed by atoms with Crippen molar-refractivity contribution in [3.05, 3.63) is 77.6 Å².